The summed E-state index contributed by atoms with van der Waals surface area (Å²) in [6, 6.07) is 7.10. The van der Waals surface area contributed by atoms with Crippen LogP contribution in [-0.2, 0) is 4.74 Å². The maximum Gasteiger partial charge on any atom is 0.261 e. The van der Waals surface area contributed by atoms with Crippen LogP contribution in [0.15, 0.2) is 24.3 Å². The summed E-state index contributed by atoms with van der Waals surface area (Å²) in [5, 5.41) is 5.98. The molecule has 6 heteroatoms. The standard InChI is InChI=1S/C15H20N2O3S/c1-2-19-13-8-4-3-7-12(13)14(18)17-15(21)16-10-11-6-5-9-20-11/h3-4,7-8,11H,2,5-6,9-10H2,1H3,(H2,16,17,18,21). The Kier molecular flexibility index (Phi) is 5.95. The zero-order valence-corrected chi connectivity index (χ0v) is 12.9. The van der Waals surface area contributed by atoms with Crippen molar-refractivity contribution in [1.82, 2.24) is 10.6 Å². The predicted octanol–water partition coefficient (Wildman–Crippen LogP) is 1.87. The van der Waals surface area contributed by atoms with Gasteiger partial charge in [0.25, 0.3) is 5.91 Å². The van der Waals surface area contributed by atoms with Crippen LogP contribution < -0.4 is 15.4 Å². The molecule has 0 saturated carbocycles. The van der Waals surface area contributed by atoms with Crippen molar-refractivity contribution < 1.29 is 14.3 Å². The zero-order chi connectivity index (χ0) is 15.1. The number of ether oxygens (including phenoxy) is 2. The highest BCUT2D eigenvalue weighted by atomic mass is 32.1. The van der Waals surface area contributed by atoms with Crippen molar-refractivity contribution in [1.29, 1.82) is 0 Å². The van der Waals surface area contributed by atoms with E-state index >= 15 is 0 Å². The van der Waals surface area contributed by atoms with Crippen molar-refractivity contribution in [3.8, 4) is 5.75 Å². The van der Waals surface area contributed by atoms with E-state index in [1.54, 1.807) is 18.2 Å². The number of hydrogen-bond acceptors (Lipinski definition) is 4. The second-order valence-corrected chi connectivity index (χ2v) is 5.14. The van der Waals surface area contributed by atoms with E-state index in [-0.39, 0.29) is 12.0 Å². The number of carbonyl (C=O) groups excluding carboxylic acids is 1. The molecular formula is C15H20N2O3S. The molecule has 21 heavy (non-hydrogen) atoms. The van der Waals surface area contributed by atoms with Gasteiger partial charge >= 0.3 is 0 Å². The summed E-state index contributed by atoms with van der Waals surface area (Å²) in [4.78, 5) is 12.2. The highest BCUT2D eigenvalue weighted by molar-refractivity contribution is 7.80. The van der Waals surface area contributed by atoms with Gasteiger partial charge in [-0.2, -0.15) is 0 Å². The number of carbonyl (C=O) groups is 1. The molecular weight excluding hydrogens is 288 g/mol. The second-order valence-electron chi connectivity index (χ2n) is 4.73. The molecule has 0 aromatic heterocycles. The first-order valence-corrected chi connectivity index (χ1v) is 7.54. The molecule has 1 aliphatic rings. The van der Waals surface area contributed by atoms with Gasteiger partial charge in [-0.1, -0.05) is 12.1 Å². The number of rotatable bonds is 5. The van der Waals surface area contributed by atoms with Crippen LogP contribution in [0.5, 0.6) is 5.75 Å². The third-order valence-electron chi connectivity index (χ3n) is 3.17. The smallest absolute Gasteiger partial charge is 0.261 e. The van der Waals surface area contributed by atoms with Gasteiger partial charge in [-0.25, -0.2) is 0 Å². The highest BCUT2D eigenvalue weighted by Gasteiger charge is 2.17. The van der Waals surface area contributed by atoms with Crippen molar-refractivity contribution in [2.24, 2.45) is 0 Å². The van der Waals surface area contributed by atoms with E-state index in [1.807, 2.05) is 13.0 Å². The van der Waals surface area contributed by atoms with E-state index < -0.39 is 0 Å². The number of thiocarbonyl (C=S) groups is 1. The summed E-state index contributed by atoms with van der Waals surface area (Å²) in [5.74, 6) is 0.281. The molecule has 1 aliphatic heterocycles. The van der Waals surface area contributed by atoms with Crippen molar-refractivity contribution in [2.45, 2.75) is 25.9 Å². The van der Waals surface area contributed by atoms with Gasteiger partial charge in [0.05, 0.1) is 18.3 Å². The Morgan fingerprint density at radius 1 is 1.48 bits per heavy atom. The summed E-state index contributed by atoms with van der Waals surface area (Å²) in [7, 11) is 0. The van der Waals surface area contributed by atoms with Gasteiger partial charge in [-0.15, -0.1) is 0 Å². The third-order valence-corrected chi connectivity index (χ3v) is 3.42. The molecule has 1 unspecified atom stereocenters. The van der Waals surface area contributed by atoms with E-state index in [4.69, 9.17) is 21.7 Å². The first kappa shape index (κ1) is 15.7. The normalized spacial score (nSPS) is 17.3. The van der Waals surface area contributed by atoms with E-state index in [2.05, 4.69) is 10.6 Å². The van der Waals surface area contributed by atoms with Crippen LogP contribution in [0.4, 0.5) is 0 Å². The lowest BCUT2D eigenvalue weighted by molar-refractivity contribution is 0.0969. The van der Waals surface area contributed by atoms with Crippen LogP contribution in [-0.4, -0.2) is 36.9 Å². The molecule has 1 atom stereocenters. The predicted molar refractivity (Wildman–Crippen MR) is 84.7 cm³/mol. The lowest BCUT2D eigenvalue weighted by Gasteiger charge is -2.14. The summed E-state index contributed by atoms with van der Waals surface area (Å²) < 4.78 is 10.9. The fourth-order valence-corrected chi connectivity index (χ4v) is 2.34. The van der Waals surface area contributed by atoms with Crippen LogP contribution in [0.2, 0.25) is 0 Å². The largest absolute Gasteiger partial charge is 0.493 e. The average molecular weight is 308 g/mol. The van der Waals surface area contributed by atoms with Gasteiger partial charge in [0, 0.05) is 13.2 Å². The Bertz CT molecular complexity index is 501. The van der Waals surface area contributed by atoms with Crippen LogP contribution >= 0.6 is 12.2 Å². The van der Waals surface area contributed by atoms with Crippen molar-refractivity contribution in [2.75, 3.05) is 19.8 Å². The van der Waals surface area contributed by atoms with Gasteiger partial charge in [-0.05, 0) is 44.1 Å². The Labute approximate surface area is 130 Å². The Morgan fingerprint density at radius 2 is 2.29 bits per heavy atom. The molecule has 1 saturated heterocycles. The SMILES string of the molecule is CCOc1ccccc1C(=O)NC(=S)NCC1CCCO1. The van der Waals surface area contributed by atoms with E-state index in [0.29, 0.717) is 29.6 Å². The molecule has 1 fully saturated rings. The molecule has 0 spiro atoms. The van der Waals surface area contributed by atoms with Crippen LogP contribution in [0.1, 0.15) is 30.1 Å². The van der Waals surface area contributed by atoms with E-state index in [0.717, 1.165) is 19.4 Å². The molecule has 0 bridgehead atoms. The number of benzene rings is 1. The molecule has 1 aromatic rings. The number of para-hydroxylation sites is 1. The van der Waals surface area contributed by atoms with Gasteiger partial charge in [-0.3, -0.25) is 10.1 Å². The molecule has 1 heterocycles. The van der Waals surface area contributed by atoms with Gasteiger partial charge in [0.15, 0.2) is 5.11 Å². The lowest BCUT2D eigenvalue weighted by atomic mass is 10.2. The van der Waals surface area contributed by atoms with Crippen molar-refractivity contribution in [3.05, 3.63) is 29.8 Å². The first-order valence-electron chi connectivity index (χ1n) is 7.13. The van der Waals surface area contributed by atoms with Gasteiger partial charge in [0.2, 0.25) is 0 Å². The Hall–Kier alpha value is -1.66. The summed E-state index contributed by atoms with van der Waals surface area (Å²) in [6.07, 6.45) is 2.28. The molecule has 1 aromatic carbocycles. The molecule has 5 nitrogen and oxygen atoms in total. The second kappa shape index (κ2) is 7.95. The molecule has 0 aliphatic carbocycles. The van der Waals surface area contributed by atoms with E-state index in [9.17, 15) is 4.79 Å². The maximum atomic E-state index is 12.2. The number of amides is 1. The monoisotopic (exact) mass is 308 g/mol. The minimum Gasteiger partial charge on any atom is -0.493 e. The fourth-order valence-electron chi connectivity index (χ4n) is 2.16. The average Bonchev–Trinajstić information content (AvgIpc) is 2.99. The van der Waals surface area contributed by atoms with Gasteiger partial charge < -0.3 is 14.8 Å². The minimum absolute atomic E-state index is 0.176. The lowest BCUT2D eigenvalue weighted by Crippen LogP contribution is -2.42. The fraction of sp³-hybridized carbons (Fsp3) is 0.467. The summed E-state index contributed by atoms with van der Waals surface area (Å²) in [6.45, 7) is 3.80. The molecule has 1 amide bonds. The molecule has 0 radical (unpaired) electrons. The minimum atomic E-state index is -0.274. The maximum absolute atomic E-state index is 12.2. The van der Waals surface area contributed by atoms with Crippen molar-refractivity contribution >= 4 is 23.2 Å². The van der Waals surface area contributed by atoms with Crippen LogP contribution in [0, 0.1) is 0 Å². The highest BCUT2D eigenvalue weighted by Crippen LogP contribution is 2.17. The van der Waals surface area contributed by atoms with Gasteiger partial charge in [0.1, 0.15) is 5.75 Å². The Morgan fingerprint density at radius 3 is 3.00 bits per heavy atom. The third kappa shape index (κ3) is 4.68. The number of hydrogen-bond donors (Lipinski definition) is 2. The topological polar surface area (TPSA) is 59.6 Å². The van der Waals surface area contributed by atoms with Crippen LogP contribution in [0.25, 0.3) is 0 Å². The van der Waals surface area contributed by atoms with Crippen molar-refractivity contribution in [3.63, 3.8) is 0 Å². The van der Waals surface area contributed by atoms with Crippen LogP contribution in [0.3, 0.4) is 0 Å². The summed E-state index contributed by atoms with van der Waals surface area (Å²) in [5.41, 5.74) is 0.473. The summed E-state index contributed by atoms with van der Waals surface area (Å²) >= 11 is 5.13. The Balaban J connectivity index is 1.86. The number of nitrogens with one attached hydrogen (secondary N) is 2. The zero-order valence-electron chi connectivity index (χ0n) is 12.1. The molecule has 2 rings (SSSR count). The molecule has 114 valence electrons. The quantitative estimate of drug-likeness (QED) is 0.813. The molecule has 2 N–H and O–H groups in total. The first-order chi connectivity index (χ1) is 10.2. The van der Waals surface area contributed by atoms with E-state index in [1.165, 1.54) is 0 Å².